The smallest absolute Gasteiger partial charge is 0.251 e. The van der Waals surface area contributed by atoms with E-state index in [1.807, 2.05) is 19.2 Å². The SMILES string of the molecule is Cl.Cn1nnc2cc(C(=O)NCCC3CCNC3)ccc21. The lowest BCUT2D eigenvalue weighted by atomic mass is 10.1. The fraction of sp³-hybridized carbons (Fsp3) is 0.500. The molecule has 0 bridgehead atoms. The van der Waals surface area contributed by atoms with Gasteiger partial charge in [-0.3, -0.25) is 4.79 Å². The largest absolute Gasteiger partial charge is 0.352 e. The number of benzene rings is 1. The van der Waals surface area contributed by atoms with Crippen molar-refractivity contribution in [3.05, 3.63) is 23.8 Å². The van der Waals surface area contributed by atoms with Crippen LogP contribution < -0.4 is 10.6 Å². The number of amides is 1. The molecule has 7 heteroatoms. The molecule has 1 aliphatic rings. The van der Waals surface area contributed by atoms with Gasteiger partial charge in [-0.2, -0.15) is 0 Å². The third-order valence-electron chi connectivity index (χ3n) is 3.87. The van der Waals surface area contributed by atoms with Crippen molar-refractivity contribution >= 4 is 29.3 Å². The summed E-state index contributed by atoms with van der Waals surface area (Å²) < 4.78 is 1.70. The van der Waals surface area contributed by atoms with Crippen molar-refractivity contribution in [1.29, 1.82) is 0 Å². The number of aryl methyl sites for hydroxylation is 1. The molecule has 114 valence electrons. The first-order valence-corrected chi connectivity index (χ1v) is 7.02. The van der Waals surface area contributed by atoms with Gasteiger partial charge in [0.1, 0.15) is 5.52 Å². The van der Waals surface area contributed by atoms with E-state index in [0.29, 0.717) is 11.5 Å². The van der Waals surface area contributed by atoms with Crippen LogP contribution in [-0.4, -0.2) is 40.5 Å². The zero-order valence-corrected chi connectivity index (χ0v) is 12.8. The summed E-state index contributed by atoms with van der Waals surface area (Å²) in [6.45, 7) is 2.90. The van der Waals surface area contributed by atoms with Crippen LogP contribution in [0.15, 0.2) is 18.2 Å². The number of hydrogen-bond acceptors (Lipinski definition) is 4. The molecule has 1 fully saturated rings. The maximum atomic E-state index is 12.1. The van der Waals surface area contributed by atoms with Crippen molar-refractivity contribution in [3.8, 4) is 0 Å². The summed E-state index contributed by atoms with van der Waals surface area (Å²) >= 11 is 0. The number of carbonyl (C=O) groups excluding carboxylic acids is 1. The monoisotopic (exact) mass is 309 g/mol. The van der Waals surface area contributed by atoms with E-state index in [1.165, 1.54) is 6.42 Å². The number of nitrogens with one attached hydrogen (secondary N) is 2. The highest BCUT2D eigenvalue weighted by atomic mass is 35.5. The van der Waals surface area contributed by atoms with E-state index < -0.39 is 0 Å². The Morgan fingerprint density at radius 2 is 2.38 bits per heavy atom. The highest BCUT2D eigenvalue weighted by Gasteiger charge is 2.14. The summed E-state index contributed by atoms with van der Waals surface area (Å²) in [6, 6.07) is 5.48. The van der Waals surface area contributed by atoms with Gasteiger partial charge in [-0.05, 0) is 50.0 Å². The number of carbonyl (C=O) groups is 1. The van der Waals surface area contributed by atoms with Crippen LogP contribution in [0.25, 0.3) is 11.0 Å². The Morgan fingerprint density at radius 3 is 3.14 bits per heavy atom. The second-order valence-corrected chi connectivity index (χ2v) is 5.32. The van der Waals surface area contributed by atoms with Crippen molar-refractivity contribution in [2.45, 2.75) is 12.8 Å². The van der Waals surface area contributed by atoms with Crippen LogP contribution in [0, 0.1) is 5.92 Å². The molecule has 2 aromatic rings. The molecule has 1 unspecified atom stereocenters. The molecule has 1 atom stereocenters. The molecule has 0 radical (unpaired) electrons. The predicted molar refractivity (Wildman–Crippen MR) is 83.7 cm³/mol. The van der Waals surface area contributed by atoms with Crippen LogP contribution in [0.3, 0.4) is 0 Å². The third kappa shape index (κ3) is 3.51. The van der Waals surface area contributed by atoms with Crippen LogP contribution in [0.4, 0.5) is 0 Å². The van der Waals surface area contributed by atoms with Crippen molar-refractivity contribution in [1.82, 2.24) is 25.6 Å². The lowest BCUT2D eigenvalue weighted by Crippen LogP contribution is -2.26. The molecular weight excluding hydrogens is 290 g/mol. The second-order valence-electron chi connectivity index (χ2n) is 5.32. The van der Waals surface area contributed by atoms with Gasteiger partial charge in [0.15, 0.2) is 0 Å². The molecule has 1 aliphatic heterocycles. The van der Waals surface area contributed by atoms with Crippen LogP contribution in [0.2, 0.25) is 0 Å². The fourth-order valence-corrected chi connectivity index (χ4v) is 2.63. The Kier molecular flexibility index (Phi) is 5.14. The van der Waals surface area contributed by atoms with Gasteiger partial charge in [-0.1, -0.05) is 5.21 Å². The lowest BCUT2D eigenvalue weighted by molar-refractivity contribution is 0.0952. The average Bonchev–Trinajstić information content (AvgIpc) is 3.09. The molecule has 0 aliphatic carbocycles. The Morgan fingerprint density at radius 1 is 1.52 bits per heavy atom. The normalized spacial score (nSPS) is 17.7. The maximum absolute atomic E-state index is 12.1. The van der Waals surface area contributed by atoms with Gasteiger partial charge in [0, 0.05) is 19.2 Å². The van der Waals surface area contributed by atoms with Crippen molar-refractivity contribution in [2.75, 3.05) is 19.6 Å². The van der Waals surface area contributed by atoms with E-state index >= 15 is 0 Å². The minimum absolute atomic E-state index is 0. The standard InChI is InChI=1S/C14H19N5O.ClH/c1-19-13-3-2-11(8-12(13)17-18-19)14(20)16-7-5-10-4-6-15-9-10;/h2-3,8,10,15H,4-7,9H2,1H3,(H,16,20);1H. The molecule has 1 saturated heterocycles. The fourth-order valence-electron chi connectivity index (χ4n) is 2.63. The molecule has 0 saturated carbocycles. The quantitative estimate of drug-likeness (QED) is 0.888. The molecule has 21 heavy (non-hydrogen) atoms. The lowest BCUT2D eigenvalue weighted by Gasteiger charge is -2.09. The molecule has 2 N–H and O–H groups in total. The van der Waals surface area contributed by atoms with Crippen LogP contribution in [-0.2, 0) is 7.05 Å². The Hall–Kier alpha value is -1.66. The van der Waals surface area contributed by atoms with E-state index in [2.05, 4.69) is 20.9 Å². The summed E-state index contributed by atoms with van der Waals surface area (Å²) in [5, 5.41) is 14.3. The minimum atomic E-state index is -0.0384. The zero-order valence-electron chi connectivity index (χ0n) is 12.0. The molecule has 1 aromatic heterocycles. The average molecular weight is 310 g/mol. The summed E-state index contributed by atoms with van der Waals surface area (Å²) in [4.78, 5) is 12.1. The van der Waals surface area contributed by atoms with E-state index in [9.17, 15) is 4.79 Å². The van der Waals surface area contributed by atoms with E-state index in [1.54, 1.807) is 10.7 Å². The van der Waals surface area contributed by atoms with Gasteiger partial charge in [0.05, 0.1) is 5.52 Å². The van der Waals surface area contributed by atoms with Crippen molar-refractivity contribution in [3.63, 3.8) is 0 Å². The first kappa shape index (κ1) is 15.7. The highest BCUT2D eigenvalue weighted by molar-refractivity contribution is 5.97. The highest BCUT2D eigenvalue weighted by Crippen LogP contribution is 2.13. The molecule has 2 heterocycles. The number of fused-ring (bicyclic) bond motifs is 1. The van der Waals surface area contributed by atoms with Gasteiger partial charge in [0.25, 0.3) is 5.91 Å². The van der Waals surface area contributed by atoms with Crippen molar-refractivity contribution in [2.24, 2.45) is 13.0 Å². The Labute approximate surface area is 129 Å². The first-order valence-electron chi connectivity index (χ1n) is 7.02. The van der Waals surface area contributed by atoms with Gasteiger partial charge in [-0.15, -0.1) is 17.5 Å². The number of nitrogens with zero attached hydrogens (tertiary/aromatic N) is 3. The van der Waals surface area contributed by atoms with E-state index in [4.69, 9.17) is 0 Å². The van der Waals surface area contributed by atoms with Crippen LogP contribution in [0.5, 0.6) is 0 Å². The molecular formula is C14H20ClN5O. The predicted octanol–water partition coefficient (Wildman–Crippen LogP) is 1.12. The second kappa shape index (κ2) is 6.87. The number of aromatic nitrogens is 3. The summed E-state index contributed by atoms with van der Waals surface area (Å²) in [5.41, 5.74) is 2.32. The summed E-state index contributed by atoms with van der Waals surface area (Å²) in [5.74, 6) is 0.654. The Bertz CT molecular complexity index is 621. The van der Waals surface area contributed by atoms with Crippen molar-refractivity contribution < 1.29 is 4.79 Å². The van der Waals surface area contributed by atoms with E-state index in [0.717, 1.165) is 37.1 Å². The molecule has 1 aromatic carbocycles. The number of rotatable bonds is 4. The molecule has 0 spiro atoms. The zero-order chi connectivity index (χ0) is 13.9. The van der Waals surface area contributed by atoms with E-state index in [-0.39, 0.29) is 18.3 Å². The van der Waals surface area contributed by atoms with Gasteiger partial charge in [-0.25, -0.2) is 4.68 Å². The Balaban J connectivity index is 0.00000161. The minimum Gasteiger partial charge on any atom is -0.352 e. The summed E-state index contributed by atoms with van der Waals surface area (Å²) in [7, 11) is 1.84. The number of halogens is 1. The maximum Gasteiger partial charge on any atom is 0.251 e. The molecule has 1 amide bonds. The summed E-state index contributed by atoms with van der Waals surface area (Å²) in [6.07, 6.45) is 2.24. The molecule has 3 rings (SSSR count). The van der Waals surface area contributed by atoms with Crippen LogP contribution >= 0.6 is 12.4 Å². The topological polar surface area (TPSA) is 71.8 Å². The van der Waals surface area contributed by atoms with Crippen LogP contribution in [0.1, 0.15) is 23.2 Å². The molecule has 6 nitrogen and oxygen atoms in total. The van der Waals surface area contributed by atoms with Gasteiger partial charge >= 0.3 is 0 Å². The third-order valence-corrected chi connectivity index (χ3v) is 3.87. The first-order chi connectivity index (χ1) is 9.74. The van der Waals surface area contributed by atoms with Gasteiger partial charge in [0.2, 0.25) is 0 Å². The van der Waals surface area contributed by atoms with Gasteiger partial charge < -0.3 is 10.6 Å². The number of hydrogen-bond donors (Lipinski definition) is 2.